The van der Waals surface area contributed by atoms with Crippen LogP contribution in [0.15, 0.2) is 24.3 Å². The van der Waals surface area contributed by atoms with Crippen molar-refractivity contribution in [3.05, 3.63) is 35.4 Å². The van der Waals surface area contributed by atoms with Gasteiger partial charge in [0.1, 0.15) is 0 Å². The van der Waals surface area contributed by atoms with Gasteiger partial charge in [-0.2, -0.15) is 0 Å². The van der Waals surface area contributed by atoms with Crippen LogP contribution in [0.1, 0.15) is 49.1 Å². The van der Waals surface area contributed by atoms with Crippen molar-refractivity contribution in [2.75, 3.05) is 20.3 Å². The molecule has 0 aromatic heterocycles. The first-order chi connectivity index (χ1) is 9.19. The molecule has 0 spiro atoms. The van der Waals surface area contributed by atoms with Gasteiger partial charge >= 0.3 is 0 Å². The van der Waals surface area contributed by atoms with E-state index in [2.05, 4.69) is 6.07 Å². The van der Waals surface area contributed by atoms with E-state index in [-0.39, 0.29) is 6.61 Å². The predicted octanol–water partition coefficient (Wildman–Crippen LogP) is 3.50. The average molecular weight is 265 g/mol. The number of benzene rings is 1. The van der Waals surface area contributed by atoms with Crippen LogP contribution in [0.4, 0.5) is 4.39 Å². The number of methoxy groups -OCH3 is 1. The Kier molecular flexibility index (Phi) is 4.94. The number of alkyl halides is 1. The highest BCUT2D eigenvalue weighted by molar-refractivity contribution is 5.31. The molecular weight excluding hydrogens is 241 g/mol. The van der Waals surface area contributed by atoms with Crippen LogP contribution in [-0.4, -0.2) is 20.3 Å². The molecule has 2 N–H and O–H groups in total. The van der Waals surface area contributed by atoms with E-state index in [0.717, 1.165) is 5.56 Å². The second-order valence-electron chi connectivity index (χ2n) is 5.54. The normalized spacial score (nSPS) is 18.9. The van der Waals surface area contributed by atoms with E-state index in [9.17, 15) is 0 Å². The number of hydrogen-bond donors (Lipinski definition) is 1. The summed E-state index contributed by atoms with van der Waals surface area (Å²) in [7, 11) is 1.55. The molecule has 1 fully saturated rings. The zero-order valence-corrected chi connectivity index (χ0v) is 11.7. The number of hydrogen-bond acceptors (Lipinski definition) is 2. The molecule has 0 heterocycles. The predicted molar refractivity (Wildman–Crippen MR) is 76.0 cm³/mol. The number of ether oxygens (including phenoxy) is 1. The molecule has 106 valence electrons. The highest BCUT2D eigenvalue weighted by Crippen LogP contribution is 2.39. The Balaban J connectivity index is 2.19. The number of halogens is 1. The molecule has 0 radical (unpaired) electrons. The van der Waals surface area contributed by atoms with Crippen LogP contribution < -0.4 is 5.73 Å². The molecule has 19 heavy (non-hydrogen) atoms. The van der Waals surface area contributed by atoms with E-state index < -0.39 is 5.67 Å². The molecule has 1 aliphatic rings. The lowest BCUT2D eigenvalue weighted by molar-refractivity contribution is 0.0303. The molecule has 1 aromatic rings. The van der Waals surface area contributed by atoms with Crippen molar-refractivity contribution in [3.8, 4) is 0 Å². The summed E-state index contributed by atoms with van der Waals surface area (Å²) in [6, 6.07) is 7.98. The van der Waals surface area contributed by atoms with Crippen molar-refractivity contribution >= 4 is 0 Å². The summed E-state index contributed by atoms with van der Waals surface area (Å²) in [5.41, 5.74) is 6.12. The second kappa shape index (κ2) is 6.49. The van der Waals surface area contributed by atoms with Crippen LogP contribution in [0.3, 0.4) is 0 Å². The first kappa shape index (κ1) is 14.5. The molecule has 2 nitrogen and oxygen atoms in total. The summed E-state index contributed by atoms with van der Waals surface area (Å²) in [6.45, 7) is 0.610. The Morgan fingerprint density at radius 2 is 2.21 bits per heavy atom. The van der Waals surface area contributed by atoms with E-state index in [1.54, 1.807) is 7.11 Å². The highest BCUT2D eigenvalue weighted by atomic mass is 19.1. The maximum Gasteiger partial charge on any atom is 0.159 e. The SMILES string of the molecule is COCC(F)(CCCN)c1cccc(C2CCC2)c1. The van der Waals surface area contributed by atoms with Crippen LogP contribution in [0.5, 0.6) is 0 Å². The minimum atomic E-state index is -1.41. The third-order valence-corrected chi connectivity index (χ3v) is 4.13. The largest absolute Gasteiger partial charge is 0.381 e. The first-order valence-corrected chi connectivity index (χ1v) is 7.18. The van der Waals surface area contributed by atoms with Crippen molar-refractivity contribution in [1.29, 1.82) is 0 Å². The summed E-state index contributed by atoms with van der Waals surface area (Å²) >= 11 is 0. The Labute approximate surface area is 115 Å². The molecule has 0 saturated heterocycles. The lowest BCUT2D eigenvalue weighted by Gasteiger charge is -2.29. The monoisotopic (exact) mass is 265 g/mol. The van der Waals surface area contributed by atoms with Crippen LogP contribution in [-0.2, 0) is 10.4 Å². The molecule has 0 aliphatic heterocycles. The van der Waals surface area contributed by atoms with Crippen molar-refractivity contribution in [1.82, 2.24) is 0 Å². The maximum atomic E-state index is 15.1. The van der Waals surface area contributed by atoms with E-state index >= 15 is 4.39 Å². The van der Waals surface area contributed by atoms with Gasteiger partial charge in [0.15, 0.2) is 5.67 Å². The third kappa shape index (κ3) is 3.34. The van der Waals surface area contributed by atoms with E-state index in [4.69, 9.17) is 10.5 Å². The van der Waals surface area contributed by atoms with Gasteiger partial charge in [0, 0.05) is 7.11 Å². The molecular formula is C16H24FNO. The molecule has 1 saturated carbocycles. The fraction of sp³-hybridized carbons (Fsp3) is 0.625. The van der Waals surface area contributed by atoms with Crippen LogP contribution in [0.2, 0.25) is 0 Å². The van der Waals surface area contributed by atoms with Gasteiger partial charge in [0.2, 0.25) is 0 Å². The fourth-order valence-corrected chi connectivity index (χ4v) is 2.72. The smallest absolute Gasteiger partial charge is 0.159 e. The number of rotatable bonds is 7. The van der Waals surface area contributed by atoms with Crippen molar-refractivity contribution in [2.45, 2.75) is 43.7 Å². The topological polar surface area (TPSA) is 35.2 Å². The molecule has 1 aliphatic carbocycles. The molecule has 0 bridgehead atoms. The van der Waals surface area contributed by atoms with Gasteiger partial charge in [-0.25, -0.2) is 4.39 Å². The first-order valence-electron chi connectivity index (χ1n) is 7.18. The molecule has 1 aromatic carbocycles. The van der Waals surface area contributed by atoms with Gasteiger partial charge in [-0.05, 0) is 49.3 Å². The van der Waals surface area contributed by atoms with Gasteiger partial charge in [-0.3, -0.25) is 0 Å². The summed E-state index contributed by atoms with van der Waals surface area (Å²) in [4.78, 5) is 0. The fourth-order valence-electron chi connectivity index (χ4n) is 2.72. The summed E-state index contributed by atoms with van der Waals surface area (Å²) in [5, 5.41) is 0. The zero-order chi connectivity index (χ0) is 13.7. The minimum Gasteiger partial charge on any atom is -0.381 e. The van der Waals surface area contributed by atoms with Gasteiger partial charge in [-0.15, -0.1) is 0 Å². The maximum absolute atomic E-state index is 15.1. The van der Waals surface area contributed by atoms with Crippen LogP contribution in [0, 0.1) is 0 Å². The van der Waals surface area contributed by atoms with E-state index in [0.29, 0.717) is 25.3 Å². The Bertz CT molecular complexity index is 405. The zero-order valence-electron chi connectivity index (χ0n) is 11.7. The van der Waals surface area contributed by atoms with Crippen molar-refractivity contribution < 1.29 is 9.13 Å². The molecule has 0 amide bonds. The van der Waals surface area contributed by atoms with Crippen LogP contribution >= 0.6 is 0 Å². The van der Waals surface area contributed by atoms with Gasteiger partial charge in [0.05, 0.1) is 6.61 Å². The summed E-state index contributed by atoms with van der Waals surface area (Å²) in [6.07, 6.45) is 4.85. The van der Waals surface area contributed by atoms with Crippen molar-refractivity contribution in [3.63, 3.8) is 0 Å². The lowest BCUT2D eigenvalue weighted by atomic mass is 9.78. The lowest BCUT2D eigenvalue weighted by Crippen LogP contribution is -2.27. The standard InChI is InChI=1S/C16H24FNO/c1-19-12-16(17,9-4-10-18)15-8-3-7-14(11-15)13-5-2-6-13/h3,7-8,11,13H,2,4-6,9-10,12,18H2,1H3. The Morgan fingerprint density at radius 3 is 2.79 bits per heavy atom. The molecule has 1 atom stereocenters. The summed E-state index contributed by atoms with van der Waals surface area (Å²) in [5.74, 6) is 0.626. The molecule has 1 unspecified atom stereocenters. The van der Waals surface area contributed by atoms with Crippen LogP contribution in [0.25, 0.3) is 0 Å². The van der Waals surface area contributed by atoms with E-state index in [1.807, 2.05) is 18.2 Å². The second-order valence-corrected chi connectivity index (χ2v) is 5.54. The number of nitrogens with two attached hydrogens (primary N) is 1. The van der Waals surface area contributed by atoms with E-state index in [1.165, 1.54) is 24.8 Å². The Hall–Kier alpha value is -0.930. The quantitative estimate of drug-likeness (QED) is 0.819. The Morgan fingerprint density at radius 1 is 1.42 bits per heavy atom. The average Bonchev–Trinajstić information content (AvgIpc) is 2.35. The summed E-state index contributed by atoms with van der Waals surface area (Å²) < 4.78 is 20.2. The molecule has 2 rings (SSSR count). The molecule has 3 heteroatoms. The third-order valence-electron chi connectivity index (χ3n) is 4.13. The minimum absolute atomic E-state index is 0.0983. The van der Waals surface area contributed by atoms with Gasteiger partial charge in [-0.1, -0.05) is 30.7 Å². The van der Waals surface area contributed by atoms with Gasteiger partial charge in [0.25, 0.3) is 0 Å². The highest BCUT2D eigenvalue weighted by Gasteiger charge is 2.32. The van der Waals surface area contributed by atoms with Crippen molar-refractivity contribution in [2.24, 2.45) is 5.73 Å². The van der Waals surface area contributed by atoms with Gasteiger partial charge < -0.3 is 10.5 Å².